The highest BCUT2D eigenvalue weighted by molar-refractivity contribution is 7.16. The van der Waals surface area contributed by atoms with Crippen LogP contribution in [-0.2, 0) is 6.42 Å². The second-order valence-corrected chi connectivity index (χ2v) is 5.99. The van der Waals surface area contributed by atoms with Gasteiger partial charge in [0.1, 0.15) is 0 Å². The minimum Gasteiger partial charge on any atom is -0.383 e. The Morgan fingerprint density at radius 3 is 2.85 bits per heavy atom. The highest BCUT2D eigenvalue weighted by atomic mass is 32.1. The van der Waals surface area contributed by atoms with Crippen LogP contribution in [0.25, 0.3) is 10.2 Å². The smallest absolute Gasteiger partial charge is 0.0813 e. The van der Waals surface area contributed by atoms with Gasteiger partial charge in [0, 0.05) is 11.7 Å². The normalized spacial score (nSPS) is 12.4. The van der Waals surface area contributed by atoms with Gasteiger partial charge in [0.15, 0.2) is 0 Å². The summed E-state index contributed by atoms with van der Waals surface area (Å²) in [5.41, 5.74) is 5.56. The van der Waals surface area contributed by atoms with Crippen molar-refractivity contribution in [3.05, 3.63) is 59.6 Å². The maximum atomic E-state index is 4.31. The van der Waals surface area contributed by atoms with Gasteiger partial charge < -0.3 is 5.32 Å². The Morgan fingerprint density at radius 1 is 1.15 bits per heavy atom. The standard InChI is InChI=1S/C17H18N2S/c1-13(7-8-14-5-3-2-4-6-14)19-15-9-10-16-17(11-15)20-12-18-16/h2-6,9-13,19H,7-8H2,1H3. The monoisotopic (exact) mass is 282 g/mol. The molecule has 0 bridgehead atoms. The molecule has 0 saturated carbocycles. The van der Waals surface area contributed by atoms with Crippen molar-refractivity contribution < 1.29 is 0 Å². The van der Waals surface area contributed by atoms with Crippen molar-refractivity contribution in [2.24, 2.45) is 0 Å². The van der Waals surface area contributed by atoms with Crippen molar-refractivity contribution in [3.63, 3.8) is 0 Å². The number of rotatable bonds is 5. The fraction of sp³-hybridized carbons (Fsp3) is 0.235. The molecule has 2 aromatic carbocycles. The van der Waals surface area contributed by atoms with E-state index in [9.17, 15) is 0 Å². The van der Waals surface area contributed by atoms with E-state index in [4.69, 9.17) is 0 Å². The molecule has 1 aromatic heterocycles. The van der Waals surface area contributed by atoms with Crippen LogP contribution in [0.3, 0.4) is 0 Å². The van der Waals surface area contributed by atoms with E-state index in [1.54, 1.807) is 11.3 Å². The Balaban J connectivity index is 1.59. The van der Waals surface area contributed by atoms with Gasteiger partial charge in [-0.25, -0.2) is 4.98 Å². The van der Waals surface area contributed by atoms with E-state index in [1.165, 1.54) is 16.0 Å². The highest BCUT2D eigenvalue weighted by Crippen LogP contribution is 2.22. The van der Waals surface area contributed by atoms with Gasteiger partial charge in [-0.3, -0.25) is 0 Å². The summed E-state index contributed by atoms with van der Waals surface area (Å²) in [6, 6.07) is 17.5. The first kappa shape index (κ1) is 13.1. The van der Waals surface area contributed by atoms with Crippen LogP contribution < -0.4 is 5.32 Å². The topological polar surface area (TPSA) is 24.9 Å². The summed E-state index contributed by atoms with van der Waals surface area (Å²) in [5.74, 6) is 0. The first-order chi connectivity index (χ1) is 9.81. The minimum atomic E-state index is 0.459. The molecule has 3 heteroatoms. The first-order valence-corrected chi connectivity index (χ1v) is 7.83. The van der Waals surface area contributed by atoms with Gasteiger partial charge in [-0.15, -0.1) is 11.3 Å². The molecule has 1 heterocycles. The summed E-state index contributed by atoms with van der Waals surface area (Å²) in [7, 11) is 0. The number of aromatic nitrogens is 1. The van der Waals surface area contributed by atoms with E-state index in [0.717, 1.165) is 18.4 Å². The van der Waals surface area contributed by atoms with Crippen LogP contribution >= 0.6 is 11.3 Å². The van der Waals surface area contributed by atoms with Crippen molar-refractivity contribution in [2.75, 3.05) is 5.32 Å². The second kappa shape index (κ2) is 6.06. The van der Waals surface area contributed by atoms with Crippen LogP contribution in [0.15, 0.2) is 54.0 Å². The van der Waals surface area contributed by atoms with Crippen LogP contribution in [0.1, 0.15) is 18.9 Å². The zero-order chi connectivity index (χ0) is 13.8. The van der Waals surface area contributed by atoms with E-state index < -0.39 is 0 Å². The highest BCUT2D eigenvalue weighted by Gasteiger charge is 2.04. The van der Waals surface area contributed by atoms with E-state index >= 15 is 0 Å². The lowest BCUT2D eigenvalue weighted by Gasteiger charge is -2.15. The molecule has 0 spiro atoms. The minimum absolute atomic E-state index is 0.459. The maximum Gasteiger partial charge on any atom is 0.0813 e. The number of hydrogen-bond donors (Lipinski definition) is 1. The zero-order valence-electron chi connectivity index (χ0n) is 11.5. The third kappa shape index (κ3) is 3.17. The average Bonchev–Trinajstić information content (AvgIpc) is 2.94. The molecular weight excluding hydrogens is 264 g/mol. The average molecular weight is 282 g/mol. The molecule has 0 aliphatic heterocycles. The first-order valence-electron chi connectivity index (χ1n) is 6.95. The Labute approximate surface area is 123 Å². The summed E-state index contributed by atoms with van der Waals surface area (Å²) in [6.45, 7) is 2.24. The van der Waals surface area contributed by atoms with Crippen LogP contribution in [0.2, 0.25) is 0 Å². The Kier molecular flexibility index (Phi) is 3.97. The lowest BCUT2D eigenvalue weighted by atomic mass is 10.1. The number of aryl methyl sites for hydroxylation is 1. The van der Waals surface area contributed by atoms with Crippen LogP contribution in [-0.4, -0.2) is 11.0 Å². The van der Waals surface area contributed by atoms with Gasteiger partial charge in [0.2, 0.25) is 0 Å². The molecule has 1 unspecified atom stereocenters. The summed E-state index contributed by atoms with van der Waals surface area (Å²) in [4.78, 5) is 4.31. The van der Waals surface area contributed by atoms with Gasteiger partial charge in [0.25, 0.3) is 0 Å². The van der Waals surface area contributed by atoms with E-state index in [0.29, 0.717) is 6.04 Å². The fourth-order valence-electron chi connectivity index (χ4n) is 2.33. The van der Waals surface area contributed by atoms with Crippen LogP contribution in [0.4, 0.5) is 5.69 Å². The predicted octanol–water partition coefficient (Wildman–Crippen LogP) is 4.73. The van der Waals surface area contributed by atoms with Crippen molar-refractivity contribution >= 4 is 27.2 Å². The summed E-state index contributed by atoms with van der Waals surface area (Å²) in [6.07, 6.45) is 2.24. The van der Waals surface area contributed by atoms with E-state index in [-0.39, 0.29) is 0 Å². The van der Waals surface area contributed by atoms with E-state index in [2.05, 4.69) is 65.8 Å². The molecular formula is C17H18N2S. The third-order valence-corrected chi connectivity index (χ3v) is 4.24. The number of nitrogens with zero attached hydrogens (tertiary/aromatic N) is 1. The Bertz CT molecular complexity index is 676. The molecule has 0 aliphatic rings. The van der Waals surface area contributed by atoms with Gasteiger partial charge in [-0.05, 0) is 43.5 Å². The number of anilines is 1. The van der Waals surface area contributed by atoms with Crippen molar-refractivity contribution in [3.8, 4) is 0 Å². The lowest BCUT2D eigenvalue weighted by molar-refractivity contribution is 0.706. The molecule has 102 valence electrons. The summed E-state index contributed by atoms with van der Waals surface area (Å²) in [5, 5.41) is 3.57. The molecule has 0 aliphatic carbocycles. The molecule has 2 nitrogen and oxygen atoms in total. The molecule has 1 atom stereocenters. The third-order valence-electron chi connectivity index (χ3n) is 3.45. The molecule has 20 heavy (non-hydrogen) atoms. The second-order valence-electron chi connectivity index (χ2n) is 5.10. The SMILES string of the molecule is CC(CCc1ccccc1)Nc1ccc2ncsc2c1. The number of fused-ring (bicyclic) bond motifs is 1. The Hall–Kier alpha value is -1.87. The maximum absolute atomic E-state index is 4.31. The van der Waals surface area contributed by atoms with Gasteiger partial charge in [-0.1, -0.05) is 30.3 Å². The summed E-state index contributed by atoms with van der Waals surface area (Å²) >= 11 is 1.69. The molecule has 0 amide bonds. The lowest BCUT2D eigenvalue weighted by Crippen LogP contribution is -2.15. The number of hydrogen-bond acceptors (Lipinski definition) is 3. The largest absolute Gasteiger partial charge is 0.383 e. The number of nitrogens with one attached hydrogen (secondary N) is 1. The molecule has 3 aromatic rings. The van der Waals surface area contributed by atoms with Crippen LogP contribution in [0.5, 0.6) is 0 Å². The number of thiazole rings is 1. The van der Waals surface area contributed by atoms with Gasteiger partial charge in [0.05, 0.1) is 15.7 Å². The number of benzene rings is 2. The molecule has 3 rings (SSSR count). The van der Waals surface area contributed by atoms with Gasteiger partial charge in [-0.2, -0.15) is 0 Å². The predicted molar refractivity (Wildman–Crippen MR) is 87.5 cm³/mol. The molecule has 0 fully saturated rings. The Morgan fingerprint density at radius 2 is 2.00 bits per heavy atom. The summed E-state index contributed by atoms with van der Waals surface area (Å²) < 4.78 is 1.24. The van der Waals surface area contributed by atoms with Crippen LogP contribution in [0, 0.1) is 0 Å². The van der Waals surface area contributed by atoms with Crippen molar-refractivity contribution in [1.29, 1.82) is 0 Å². The van der Waals surface area contributed by atoms with E-state index in [1.807, 2.05) is 5.51 Å². The molecule has 1 N–H and O–H groups in total. The zero-order valence-corrected chi connectivity index (χ0v) is 12.4. The molecule has 0 radical (unpaired) electrons. The fourth-order valence-corrected chi connectivity index (χ4v) is 3.05. The quantitative estimate of drug-likeness (QED) is 0.731. The van der Waals surface area contributed by atoms with Crippen molar-refractivity contribution in [2.45, 2.75) is 25.8 Å². The van der Waals surface area contributed by atoms with Crippen molar-refractivity contribution in [1.82, 2.24) is 4.98 Å². The molecule has 0 saturated heterocycles. The van der Waals surface area contributed by atoms with Gasteiger partial charge >= 0.3 is 0 Å².